The number of carbonyl (C=O) groups is 1. The van der Waals surface area contributed by atoms with Gasteiger partial charge in [0.05, 0.1) is 20.5 Å². The van der Waals surface area contributed by atoms with E-state index >= 15 is 0 Å². The van der Waals surface area contributed by atoms with E-state index in [4.69, 9.17) is 4.74 Å². The fourth-order valence-corrected chi connectivity index (χ4v) is 1.15. The first-order valence-corrected chi connectivity index (χ1v) is 4.30. The Balaban J connectivity index is 3.17. The lowest BCUT2D eigenvalue weighted by Crippen LogP contribution is -2.04. The molecule has 0 spiro atoms. The Hall–Kier alpha value is -1.97. The zero-order valence-electron chi connectivity index (χ0n) is 8.56. The standard InChI is InChI=1S/C11H12O4/c1-14-7-9(11(13)15-2)8-5-3-4-6-10(8)12/h3-7,12H,1-2H3/b9-7-. The van der Waals surface area contributed by atoms with Gasteiger partial charge in [-0.15, -0.1) is 0 Å². The number of rotatable bonds is 3. The van der Waals surface area contributed by atoms with Crippen molar-refractivity contribution < 1.29 is 19.4 Å². The lowest BCUT2D eigenvalue weighted by Gasteiger charge is -2.06. The molecule has 1 aromatic carbocycles. The number of para-hydroxylation sites is 1. The molecule has 0 aliphatic heterocycles. The summed E-state index contributed by atoms with van der Waals surface area (Å²) in [6.07, 6.45) is 1.24. The van der Waals surface area contributed by atoms with Gasteiger partial charge in [-0.05, 0) is 6.07 Å². The van der Waals surface area contributed by atoms with E-state index in [1.807, 2.05) is 0 Å². The molecule has 1 N–H and O–H groups in total. The molecule has 4 nitrogen and oxygen atoms in total. The molecule has 0 aromatic heterocycles. The number of phenols is 1. The fraction of sp³-hybridized carbons (Fsp3) is 0.182. The summed E-state index contributed by atoms with van der Waals surface area (Å²) < 4.78 is 9.34. The number of hydrogen-bond donors (Lipinski definition) is 1. The van der Waals surface area contributed by atoms with Gasteiger partial charge in [-0.25, -0.2) is 4.79 Å². The first kappa shape index (κ1) is 11.1. The molecule has 0 aliphatic rings. The zero-order chi connectivity index (χ0) is 11.3. The van der Waals surface area contributed by atoms with Crippen molar-refractivity contribution in [3.8, 4) is 5.75 Å². The third kappa shape index (κ3) is 2.49. The van der Waals surface area contributed by atoms with Crippen LogP contribution in [-0.4, -0.2) is 25.3 Å². The average molecular weight is 208 g/mol. The van der Waals surface area contributed by atoms with Gasteiger partial charge in [-0.1, -0.05) is 18.2 Å². The minimum Gasteiger partial charge on any atom is -0.507 e. The molecule has 15 heavy (non-hydrogen) atoms. The number of methoxy groups -OCH3 is 2. The summed E-state index contributed by atoms with van der Waals surface area (Å²) in [6, 6.07) is 6.47. The van der Waals surface area contributed by atoms with Crippen LogP contribution in [0.1, 0.15) is 5.56 Å². The van der Waals surface area contributed by atoms with Gasteiger partial charge in [0.2, 0.25) is 0 Å². The summed E-state index contributed by atoms with van der Waals surface area (Å²) in [6.45, 7) is 0. The molecule has 0 heterocycles. The quantitative estimate of drug-likeness (QED) is 0.465. The third-order valence-electron chi connectivity index (χ3n) is 1.84. The van der Waals surface area contributed by atoms with Crippen molar-refractivity contribution in [2.24, 2.45) is 0 Å². The van der Waals surface area contributed by atoms with Gasteiger partial charge in [-0.3, -0.25) is 0 Å². The number of phenolic OH excluding ortho intramolecular Hbond substituents is 1. The zero-order valence-corrected chi connectivity index (χ0v) is 8.56. The van der Waals surface area contributed by atoms with Crippen LogP contribution in [0.5, 0.6) is 5.75 Å². The lowest BCUT2D eigenvalue weighted by atomic mass is 10.1. The van der Waals surface area contributed by atoms with Crippen molar-refractivity contribution in [3.63, 3.8) is 0 Å². The first-order valence-electron chi connectivity index (χ1n) is 4.30. The maximum Gasteiger partial charge on any atom is 0.341 e. The van der Waals surface area contributed by atoms with E-state index in [9.17, 15) is 9.90 Å². The number of ether oxygens (including phenoxy) is 2. The van der Waals surface area contributed by atoms with E-state index in [2.05, 4.69) is 4.74 Å². The van der Waals surface area contributed by atoms with Gasteiger partial charge >= 0.3 is 5.97 Å². The van der Waals surface area contributed by atoms with Crippen LogP contribution in [0.25, 0.3) is 5.57 Å². The largest absolute Gasteiger partial charge is 0.507 e. The van der Waals surface area contributed by atoms with Crippen LogP contribution in [0.15, 0.2) is 30.5 Å². The molecule has 0 fully saturated rings. The number of aromatic hydroxyl groups is 1. The molecule has 0 radical (unpaired) electrons. The molecule has 0 amide bonds. The Kier molecular flexibility index (Phi) is 3.74. The van der Waals surface area contributed by atoms with Gasteiger partial charge in [0.25, 0.3) is 0 Å². The van der Waals surface area contributed by atoms with Gasteiger partial charge in [-0.2, -0.15) is 0 Å². The van der Waals surface area contributed by atoms with E-state index < -0.39 is 5.97 Å². The van der Waals surface area contributed by atoms with Gasteiger partial charge in [0, 0.05) is 5.56 Å². The molecule has 1 rings (SSSR count). The predicted octanol–water partition coefficient (Wildman–Crippen LogP) is 1.55. The number of hydrogen-bond acceptors (Lipinski definition) is 4. The van der Waals surface area contributed by atoms with Crippen LogP contribution in [0, 0.1) is 0 Å². The van der Waals surface area contributed by atoms with E-state index in [-0.39, 0.29) is 11.3 Å². The highest BCUT2D eigenvalue weighted by Gasteiger charge is 2.15. The van der Waals surface area contributed by atoms with Crippen LogP contribution < -0.4 is 0 Å². The summed E-state index contributed by atoms with van der Waals surface area (Å²) in [5, 5.41) is 9.55. The normalized spacial score (nSPS) is 10.9. The smallest absolute Gasteiger partial charge is 0.341 e. The van der Waals surface area contributed by atoms with Crippen LogP contribution in [0.3, 0.4) is 0 Å². The van der Waals surface area contributed by atoms with Crippen molar-refractivity contribution in [1.29, 1.82) is 0 Å². The average Bonchev–Trinajstić information content (AvgIpc) is 2.26. The summed E-state index contributed by atoms with van der Waals surface area (Å²) in [7, 11) is 2.69. The Morgan fingerprint density at radius 2 is 2.00 bits per heavy atom. The SMILES string of the molecule is CO/C=C(\C(=O)OC)c1ccccc1O. The summed E-state index contributed by atoms with van der Waals surface area (Å²) in [5.74, 6) is -0.551. The third-order valence-corrected chi connectivity index (χ3v) is 1.84. The van der Waals surface area contributed by atoms with Gasteiger partial charge in [0.15, 0.2) is 0 Å². The molecule has 0 bridgehead atoms. The Morgan fingerprint density at radius 3 is 2.53 bits per heavy atom. The monoisotopic (exact) mass is 208 g/mol. The van der Waals surface area contributed by atoms with Crippen molar-refractivity contribution in [2.75, 3.05) is 14.2 Å². The second kappa shape index (κ2) is 5.05. The molecule has 0 unspecified atom stereocenters. The van der Waals surface area contributed by atoms with Crippen molar-refractivity contribution >= 4 is 11.5 Å². The van der Waals surface area contributed by atoms with E-state index in [0.717, 1.165) is 0 Å². The predicted molar refractivity (Wildman–Crippen MR) is 55.1 cm³/mol. The Labute approximate surface area is 87.7 Å². The molecule has 80 valence electrons. The van der Waals surface area contributed by atoms with Crippen molar-refractivity contribution in [2.45, 2.75) is 0 Å². The van der Waals surface area contributed by atoms with E-state index in [0.29, 0.717) is 5.56 Å². The minimum atomic E-state index is -0.557. The highest BCUT2D eigenvalue weighted by molar-refractivity contribution is 6.16. The van der Waals surface area contributed by atoms with Crippen LogP contribution in [0.2, 0.25) is 0 Å². The second-order valence-electron chi connectivity index (χ2n) is 2.78. The maximum absolute atomic E-state index is 11.4. The number of carbonyl (C=O) groups excluding carboxylic acids is 1. The summed E-state index contributed by atoms with van der Waals surface area (Å²) in [5.41, 5.74) is 0.560. The van der Waals surface area contributed by atoms with Gasteiger partial charge in [0.1, 0.15) is 11.3 Å². The van der Waals surface area contributed by atoms with Crippen LogP contribution >= 0.6 is 0 Å². The molecule has 0 aliphatic carbocycles. The molecule has 0 saturated carbocycles. The van der Waals surface area contributed by atoms with E-state index in [1.165, 1.54) is 26.5 Å². The minimum absolute atomic E-state index is 0.00574. The topological polar surface area (TPSA) is 55.8 Å². The van der Waals surface area contributed by atoms with Crippen molar-refractivity contribution in [1.82, 2.24) is 0 Å². The highest BCUT2D eigenvalue weighted by atomic mass is 16.5. The molecule has 4 heteroatoms. The Morgan fingerprint density at radius 1 is 1.33 bits per heavy atom. The maximum atomic E-state index is 11.4. The van der Waals surface area contributed by atoms with Gasteiger partial charge < -0.3 is 14.6 Å². The highest BCUT2D eigenvalue weighted by Crippen LogP contribution is 2.25. The summed E-state index contributed by atoms with van der Waals surface area (Å²) in [4.78, 5) is 11.4. The van der Waals surface area contributed by atoms with Crippen molar-refractivity contribution in [3.05, 3.63) is 36.1 Å². The molecular weight excluding hydrogens is 196 g/mol. The first-order chi connectivity index (χ1) is 7.20. The molecular formula is C11H12O4. The summed E-state index contributed by atoms with van der Waals surface area (Å²) >= 11 is 0. The van der Waals surface area contributed by atoms with E-state index in [1.54, 1.807) is 18.2 Å². The molecule has 0 saturated heterocycles. The van der Waals surface area contributed by atoms with Crippen LogP contribution in [0.4, 0.5) is 0 Å². The number of benzene rings is 1. The fourth-order valence-electron chi connectivity index (χ4n) is 1.15. The Bertz CT molecular complexity index is 382. The lowest BCUT2D eigenvalue weighted by molar-refractivity contribution is -0.133. The number of esters is 1. The molecule has 1 aromatic rings. The molecule has 0 atom stereocenters. The van der Waals surface area contributed by atoms with Crippen LogP contribution in [-0.2, 0) is 14.3 Å². The second-order valence-corrected chi connectivity index (χ2v) is 2.78.